The largest absolute Gasteiger partial charge is 0.387 e. The molecule has 0 bridgehead atoms. The molecule has 3 atom stereocenters. The number of hydrogen-bond donors (Lipinski definition) is 2. The molecule has 4 heteroatoms. The van der Waals surface area contributed by atoms with Gasteiger partial charge in [0.1, 0.15) is 0 Å². The normalized spacial score (nSPS) is 26.0. The number of nitrogens with one attached hydrogen (secondary N) is 1. The van der Waals surface area contributed by atoms with Crippen molar-refractivity contribution in [3.8, 4) is 0 Å². The molecule has 1 saturated heterocycles. The summed E-state index contributed by atoms with van der Waals surface area (Å²) in [6.45, 7) is 10.7. The summed E-state index contributed by atoms with van der Waals surface area (Å²) in [5, 5.41) is 13.2. The molecule has 134 valence electrons. The summed E-state index contributed by atoms with van der Waals surface area (Å²) in [5.41, 5.74) is 2.15. The Bertz CT molecular complexity index is 537. The van der Waals surface area contributed by atoms with Gasteiger partial charge in [0, 0.05) is 12.5 Å². The van der Waals surface area contributed by atoms with Crippen molar-refractivity contribution in [2.24, 2.45) is 5.92 Å². The Kier molecular flexibility index (Phi) is 6.05. The highest BCUT2D eigenvalue weighted by Crippen LogP contribution is 2.26. The molecule has 0 radical (unpaired) electrons. The van der Waals surface area contributed by atoms with E-state index in [9.17, 15) is 9.90 Å². The van der Waals surface area contributed by atoms with Gasteiger partial charge in [-0.3, -0.25) is 4.79 Å². The van der Waals surface area contributed by atoms with Crippen LogP contribution in [-0.2, 0) is 14.9 Å². The molecule has 1 aromatic rings. The molecule has 4 nitrogen and oxygen atoms in total. The van der Waals surface area contributed by atoms with Crippen molar-refractivity contribution < 1.29 is 14.6 Å². The van der Waals surface area contributed by atoms with Gasteiger partial charge in [-0.05, 0) is 43.2 Å². The molecule has 2 rings (SSSR count). The maximum atomic E-state index is 12.3. The maximum Gasteiger partial charge on any atom is 0.223 e. The Morgan fingerprint density at radius 3 is 2.25 bits per heavy atom. The molecule has 1 aliphatic rings. The van der Waals surface area contributed by atoms with Gasteiger partial charge in [-0.15, -0.1) is 0 Å². The van der Waals surface area contributed by atoms with E-state index in [-0.39, 0.29) is 36.0 Å². The van der Waals surface area contributed by atoms with E-state index in [0.717, 1.165) is 18.4 Å². The number of benzene rings is 1. The standard InChI is InChI=1S/C20H31NO3/c1-13-10-16(11-14(2)24-13)19(23)21-12-18(22)15-6-8-17(9-7-15)20(3,4)5/h6-9,13-14,16,18,22H,10-12H2,1-5H3,(H,21,23). The predicted octanol–water partition coefficient (Wildman–Crippen LogP) is 3.34. The van der Waals surface area contributed by atoms with Gasteiger partial charge in [-0.25, -0.2) is 0 Å². The van der Waals surface area contributed by atoms with Crippen molar-refractivity contribution >= 4 is 5.91 Å². The van der Waals surface area contributed by atoms with Crippen LogP contribution in [0.2, 0.25) is 0 Å². The highest BCUT2D eigenvalue weighted by Gasteiger charge is 2.29. The molecule has 1 fully saturated rings. The van der Waals surface area contributed by atoms with Crippen molar-refractivity contribution in [1.82, 2.24) is 5.32 Å². The van der Waals surface area contributed by atoms with E-state index in [1.54, 1.807) is 0 Å². The predicted molar refractivity (Wildman–Crippen MR) is 95.8 cm³/mol. The van der Waals surface area contributed by atoms with Gasteiger partial charge in [-0.1, -0.05) is 45.0 Å². The number of hydrogen-bond acceptors (Lipinski definition) is 3. The summed E-state index contributed by atoms with van der Waals surface area (Å²) in [6.07, 6.45) is 1.02. The number of carbonyl (C=O) groups is 1. The Morgan fingerprint density at radius 2 is 1.75 bits per heavy atom. The number of amides is 1. The molecule has 0 aromatic heterocycles. The topological polar surface area (TPSA) is 58.6 Å². The Hall–Kier alpha value is -1.39. The van der Waals surface area contributed by atoms with Gasteiger partial charge in [0.2, 0.25) is 5.91 Å². The number of ether oxygens (including phenoxy) is 1. The highest BCUT2D eigenvalue weighted by molar-refractivity contribution is 5.78. The molecule has 24 heavy (non-hydrogen) atoms. The highest BCUT2D eigenvalue weighted by atomic mass is 16.5. The first-order valence-electron chi connectivity index (χ1n) is 8.88. The molecular formula is C20H31NO3. The van der Waals surface area contributed by atoms with Gasteiger partial charge in [0.15, 0.2) is 0 Å². The zero-order valence-corrected chi connectivity index (χ0v) is 15.5. The molecule has 0 spiro atoms. The Balaban J connectivity index is 1.88. The van der Waals surface area contributed by atoms with E-state index in [4.69, 9.17) is 4.74 Å². The summed E-state index contributed by atoms with van der Waals surface area (Å²) in [7, 11) is 0. The minimum Gasteiger partial charge on any atom is -0.387 e. The first-order valence-corrected chi connectivity index (χ1v) is 8.88. The Labute approximate surface area is 145 Å². The number of carbonyl (C=O) groups excluding carboxylic acids is 1. The molecule has 1 aromatic carbocycles. The van der Waals surface area contributed by atoms with E-state index < -0.39 is 6.10 Å². The summed E-state index contributed by atoms with van der Waals surface area (Å²) in [4.78, 5) is 12.3. The fourth-order valence-corrected chi connectivity index (χ4v) is 3.28. The van der Waals surface area contributed by atoms with Crippen LogP contribution < -0.4 is 5.32 Å². The third kappa shape index (κ3) is 5.05. The molecular weight excluding hydrogens is 302 g/mol. The first kappa shape index (κ1) is 18.9. The third-order valence-corrected chi connectivity index (χ3v) is 4.70. The molecule has 3 unspecified atom stereocenters. The molecule has 2 N–H and O–H groups in total. The molecule has 1 amide bonds. The smallest absolute Gasteiger partial charge is 0.223 e. The van der Waals surface area contributed by atoms with Crippen LogP contribution >= 0.6 is 0 Å². The fourth-order valence-electron chi connectivity index (χ4n) is 3.28. The van der Waals surface area contributed by atoms with Crippen LogP contribution in [0.25, 0.3) is 0 Å². The van der Waals surface area contributed by atoms with Crippen molar-refractivity contribution in [3.05, 3.63) is 35.4 Å². The van der Waals surface area contributed by atoms with Gasteiger partial charge < -0.3 is 15.2 Å². The lowest BCUT2D eigenvalue weighted by atomic mass is 9.86. The van der Waals surface area contributed by atoms with Crippen LogP contribution in [0.15, 0.2) is 24.3 Å². The minimum atomic E-state index is -0.683. The second-order valence-corrected chi connectivity index (χ2v) is 8.06. The van der Waals surface area contributed by atoms with Crippen molar-refractivity contribution in [3.63, 3.8) is 0 Å². The van der Waals surface area contributed by atoms with Gasteiger partial charge >= 0.3 is 0 Å². The lowest BCUT2D eigenvalue weighted by molar-refractivity contribution is -0.133. The molecule has 0 aliphatic carbocycles. The Morgan fingerprint density at radius 1 is 1.21 bits per heavy atom. The summed E-state index contributed by atoms with van der Waals surface area (Å²) in [6, 6.07) is 7.97. The first-order chi connectivity index (χ1) is 11.2. The second kappa shape index (κ2) is 7.66. The monoisotopic (exact) mass is 333 g/mol. The minimum absolute atomic E-state index is 0.0161. The summed E-state index contributed by atoms with van der Waals surface area (Å²) in [5.74, 6) is -0.0124. The van der Waals surface area contributed by atoms with Crippen LogP contribution in [0.4, 0.5) is 0 Å². The van der Waals surface area contributed by atoms with Gasteiger partial charge in [0.05, 0.1) is 18.3 Å². The molecule has 1 aliphatic heterocycles. The van der Waals surface area contributed by atoms with Gasteiger partial charge in [0.25, 0.3) is 0 Å². The maximum absolute atomic E-state index is 12.3. The zero-order valence-electron chi connectivity index (χ0n) is 15.5. The lowest BCUT2D eigenvalue weighted by Gasteiger charge is -2.31. The summed E-state index contributed by atoms with van der Waals surface area (Å²) < 4.78 is 5.67. The summed E-state index contributed by atoms with van der Waals surface area (Å²) >= 11 is 0. The lowest BCUT2D eigenvalue weighted by Crippen LogP contribution is -2.40. The van der Waals surface area contributed by atoms with Crippen LogP contribution in [0.3, 0.4) is 0 Å². The SMILES string of the molecule is CC1CC(C(=O)NCC(O)c2ccc(C(C)(C)C)cc2)CC(C)O1. The van der Waals surface area contributed by atoms with Crippen molar-refractivity contribution in [2.45, 2.75) is 71.2 Å². The van der Waals surface area contributed by atoms with E-state index in [1.807, 2.05) is 38.1 Å². The van der Waals surface area contributed by atoms with Crippen LogP contribution in [-0.4, -0.2) is 29.8 Å². The van der Waals surface area contributed by atoms with E-state index in [0.29, 0.717) is 0 Å². The average Bonchev–Trinajstić information content (AvgIpc) is 2.50. The molecule has 0 saturated carbocycles. The van der Waals surface area contributed by atoms with Gasteiger partial charge in [-0.2, -0.15) is 0 Å². The number of aliphatic hydroxyl groups is 1. The average molecular weight is 333 g/mol. The quantitative estimate of drug-likeness (QED) is 0.888. The van der Waals surface area contributed by atoms with Crippen LogP contribution in [0.1, 0.15) is 64.7 Å². The van der Waals surface area contributed by atoms with Crippen molar-refractivity contribution in [2.75, 3.05) is 6.54 Å². The van der Waals surface area contributed by atoms with E-state index in [2.05, 4.69) is 26.1 Å². The van der Waals surface area contributed by atoms with Crippen LogP contribution in [0.5, 0.6) is 0 Å². The second-order valence-electron chi connectivity index (χ2n) is 8.06. The number of rotatable bonds is 4. The fraction of sp³-hybridized carbons (Fsp3) is 0.650. The molecule has 1 heterocycles. The third-order valence-electron chi connectivity index (χ3n) is 4.70. The van der Waals surface area contributed by atoms with Crippen LogP contribution in [0, 0.1) is 5.92 Å². The zero-order chi connectivity index (χ0) is 17.9. The van der Waals surface area contributed by atoms with Crippen molar-refractivity contribution in [1.29, 1.82) is 0 Å². The van der Waals surface area contributed by atoms with E-state index in [1.165, 1.54) is 5.56 Å². The number of aliphatic hydroxyl groups excluding tert-OH is 1. The van der Waals surface area contributed by atoms with E-state index >= 15 is 0 Å².